The second kappa shape index (κ2) is 8.48. The highest BCUT2D eigenvalue weighted by molar-refractivity contribution is 6.24. The summed E-state index contributed by atoms with van der Waals surface area (Å²) in [5.74, 6) is -2.10. The molecule has 39 heavy (non-hydrogen) atoms. The highest BCUT2D eigenvalue weighted by Crippen LogP contribution is 2.62. The second-order valence-electron chi connectivity index (χ2n) is 10.4. The molecule has 1 N–H and O–H groups in total. The van der Waals surface area contributed by atoms with E-state index in [0.717, 1.165) is 10.1 Å². The Labute approximate surface area is 223 Å². The summed E-state index contributed by atoms with van der Waals surface area (Å²) < 4.78 is 14.6. The number of carbonyl (C=O) groups excluding carboxylic acids is 2. The molecule has 1 saturated carbocycles. The number of imide groups is 1. The minimum Gasteiger partial charge on any atom is -0.502 e. The van der Waals surface area contributed by atoms with Crippen LogP contribution in [0.2, 0.25) is 0 Å². The molecule has 2 aromatic carbocycles. The van der Waals surface area contributed by atoms with Gasteiger partial charge < -0.3 is 14.6 Å². The quantitative estimate of drug-likeness (QED) is 0.402. The number of fused-ring (bicyclic) bond motifs is 4. The number of phenols is 1. The van der Waals surface area contributed by atoms with Crippen molar-refractivity contribution in [2.45, 2.75) is 31.8 Å². The van der Waals surface area contributed by atoms with Crippen LogP contribution in [0.4, 0.5) is 5.69 Å². The van der Waals surface area contributed by atoms with Crippen LogP contribution in [0, 0.1) is 11.3 Å². The van der Waals surface area contributed by atoms with Gasteiger partial charge in [-0.15, -0.1) is 0 Å². The SMILES string of the molecule is COc1cc([C@H]2C3=CCn4c(=O)n(C)c(=O)n4[C@@H]3C[C@H]3C(=O)N(c4ccccc4)C(=O)[C@@]23C)cc(OC)c1O. The van der Waals surface area contributed by atoms with Gasteiger partial charge in [-0.05, 0) is 48.7 Å². The minimum atomic E-state index is -1.23. The number of hydrogen-bond donors (Lipinski definition) is 1. The first-order chi connectivity index (χ1) is 18.6. The van der Waals surface area contributed by atoms with Gasteiger partial charge in [-0.3, -0.25) is 9.59 Å². The van der Waals surface area contributed by atoms with E-state index in [4.69, 9.17) is 9.47 Å². The fourth-order valence-electron chi connectivity index (χ4n) is 6.67. The number of ether oxygens (including phenoxy) is 2. The zero-order valence-electron chi connectivity index (χ0n) is 22.0. The van der Waals surface area contributed by atoms with E-state index < -0.39 is 34.7 Å². The van der Waals surface area contributed by atoms with Crippen LogP contribution < -0.4 is 25.8 Å². The number of methoxy groups -OCH3 is 2. The Hall–Kier alpha value is -4.54. The number of anilines is 1. The maximum absolute atomic E-state index is 14.3. The molecule has 3 aliphatic rings. The van der Waals surface area contributed by atoms with Crippen molar-refractivity contribution < 1.29 is 24.2 Å². The third-order valence-electron chi connectivity index (χ3n) is 8.58. The molecule has 11 nitrogen and oxygen atoms in total. The molecule has 2 fully saturated rings. The Balaban J connectivity index is 1.62. The summed E-state index contributed by atoms with van der Waals surface area (Å²) in [5.41, 5.74) is -0.381. The van der Waals surface area contributed by atoms with E-state index in [1.54, 1.807) is 43.3 Å². The molecule has 3 heterocycles. The zero-order valence-corrected chi connectivity index (χ0v) is 22.0. The summed E-state index contributed by atoms with van der Waals surface area (Å²) >= 11 is 0. The van der Waals surface area contributed by atoms with E-state index in [9.17, 15) is 24.3 Å². The average molecular weight is 533 g/mol. The zero-order chi connectivity index (χ0) is 27.8. The molecule has 0 unspecified atom stereocenters. The van der Waals surface area contributed by atoms with Gasteiger partial charge in [0.1, 0.15) is 0 Å². The van der Waals surface area contributed by atoms with Crippen molar-refractivity contribution in [3.63, 3.8) is 0 Å². The van der Waals surface area contributed by atoms with Crippen LogP contribution >= 0.6 is 0 Å². The summed E-state index contributed by atoms with van der Waals surface area (Å²) in [6, 6.07) is 11.4. The molecule has 1 saturated heterocycles. The van der Waals surface area contributed by atoms with Crippen molar-refractivity contribution in [1.82, 2.24) is 13.9 Å². The Kier molecular flexibility index (Phi) is 5.39. The largest absolute Gasteiger partial charge is 0.502 e. The lowest BCUT2D eigenvalue weighted by Gasteiger charge is -2.47. The number of para-hydroxylation sites is 1. The van der Waals surface area contributed by atoms with Gasteiger partial charge in [-0.1, -0.05) is 24.3 Å². The lowest BCUT2D eigenvalue weighted by atomic mass is 9.56. The van der Waals surface area contributed by atoms with Crippen LogP contribution in [0.5, 0.6) is 17.2 Å². The van der Waals surface area contributed by atoms with Crippen LogP contribution in [-0.2, 0) is 23.2 Å². The van der Waals surface area contributed by atoms with Crippen molar-refractivity contribution in [2.24, 2.45) is 18.4 Å². The van der Waals surface area contributed by atoms with Crippen molar-refractivity contribution in [3.05, 3.63) is 80.6 Å². The predicted molar refractivity (Wildman–Crippen MR) is 140 cm³/mol. The first-order valence-corrected chi connectivity index (χ1v) is 12.6. The number of aromatic nitrogens is 3. The van der Waals surface area contributed by atoms with E-state index in [2.05, 4.69) is 0 Å². The average Bonchev–Trinajstić information content (AvgIpc) is 3.28. The topological polar surface area (TPSA) is 125 Å². The van der Waals surface area contributed by atoms with Gasteiger partial charge in [-0.25, -0.2) is 28.4 Å². The van der Waals surface area contributed by atoms with Gasteiger partial charge in [0.05, 0.1) is 43.8 Å². The summed E-state index contributed by atoms with van der Waals surface area (Å²) in [7, 11) is 4.25. The number of nitrogens with zero attached hydrogens (tertiary/aromatic N) is 4. The fourth-order valence-corrected chi connectivity index (χ4v) is 6.67. The van der Waals surface area contributed by atoms with E-state index in [0.29, 0.717) is 11.3 Å². The molecule has 1 aromatic heterocycles. The Morgan fingerprint density at radius 2 is 1.62 bits per heavy atom. The van der Waals surface area contributed by atoms with E-state index in [1.807, 2.05) is 12.1 Å². The first kappa shape index (κ1) is 24.8. The predicted octanol–water partition coefficient (Wildman–Crippen LogP) is 1.94. The maximum Gasteiger partial charge on any atom is 0.347 e. The normalized spacial score (nSPS) is 25.6. The number of benzene rings is 2. The van der Waals surface area contributed by atoms with Gasteiger partial charge >= 0.3 is 11.4 Å². The van der Waals surface area contributed by atoms with Gasteiger partial charge in [0.2, 0.25) is 17.6 Å². The highest BCUT2D eigenvalue weighted by Gasteiger charge is 2.65. The highest BCUT2D eigenvalue weighted by atomic mass is 16.5. The number of allylic oxidation sites excluding steroid dienone is 2. The molecule has 0 spiro atoms. The van der Waals surface area contributed by atoms with Gasteiger partial charge in [-0.2, -0.15) is 0 Å². The molecule has 4 atom stereocenters. The smallest absolute Gasteiger partial charge is 0.347 e. The van der Waals surface area contributed by atoms with Gasteiger partial charge in [0.15, 0.2) is 11.5 Å². The Morgan fingerprint density at radius 3 is 2.23 bits per heavy atom. The summed E-state index contributed by atoms with van der Waals surface area (Å²) in [4.78, 5) is 55.6. The minimum absolute atomic E-state index is 0.134. The van der Waals surface area contributed by atoms with Crippen molar-refractivity contribution in [3.8, 4) is 17.2 Å². The fraction of sp³-hybridized carbons (Fsp3) is 0.357. The van der Waals surface area contributed by atoms with Crippen molar-refractivity contribution in [1.29, 1.82) is 0 Å². The maximum atomic E-state index is 14.3. The molecule has 2 aliphatic heterocycles. The summed E-state index contributed by atoms with van der Waals surface area (Å²) in [6.07, 6.45) is 2.04. The molecular weight excluding hydrogens is 504 g/mol. The van der Waals surface area contributed by atoms with Crippen LogP contribution in [0.25, 0.3) is 0 Å². The summed E-state index contributed by atoms with van der Waals surface area (Å²) in [6.45, 7) is 1.92. The van der Waals surface area contributed by atoms with Gasteiger partial charge in [0, 0.05) is 13.0 Å². The number of rotatable bonds is 4. The van der Waals surface area contributed by atoms with Crippen LogP contribution in [-0.4, -0.2) is 45.1 Å². The lowest BCUT2D eigenvalue weighted by molar-refractivity contribution is -0.129. The number of amides is 2. The van der Waals surface area contributed by atoms with Crippen LogP contribution in [0.3, 0.4) is 0 Å². The molecule has 11 heteroatoms. The van der Waals surface area contributed by atoms with Gasteiger partial charge in [0.25, 0.3) is 0 Å². The Morgan fingerprint density at radius 1 is 0.974 bits per heavy atom. The van der Waals surface area contributed by atoms with E-state index in [-0.39, 0.29) is 42.0 Å². The van der Waals surface area contributed by atoms with E-state index in [1.165, 1.54) is 35.5 Å². The summed E-state index contributed by atoms with van der Waals surface area (Å²) in [5, 5.41) is 10.6. The third-order valence-corrected chi connectivity index (χ3v) is 8.58. The van der Waals surface area contributed by atoms with Crippen LogP contribution in [0.1, 0.15) is 30.9 Å². The standard InChI is InChI=1S/C28H28N4O7/c1-28-18(24(34)31(25(28)35)16-8-6-5-7-9-16)14-19-17(10-11-30-26(36)29(2)27(37)32(19)30)22(28)15-12-20(38-3)23(33)21(13-15)39-4/h5-10,12-13,18-19,22,33H,11,14H2,1-4H3/t18-,19+,22-,28+/m0/s1. The molecule has 2 amide bonds. The molecule has 0 bridgehead atoms. The van der Waals surface area contributed by atoms with E-state index >= 15 is 0 Å². The third kappa shape index (κ3) is 3.15. The molecule has 202 valence electrons. The number of phenolic OH excluding ortho intramolecular Hbond substituents is 1. The molecule has 3 aromatic rings. The Bertz CT molecular complexity index is 1660. The number of hydrogen-bond acceptors (Lipinski definition) is 7. The second-order valence-corrected chi connectivity index (χ2v) is 10.4. The molecular formula is C28H28N4O7. The molecule has 6 rings (SSSR count). The monoisotopic (exact) mass is 532 g/mol. The number of aromatic hydroxyl groups is 1. The lowest BCUT2D eigenvalue weighted by Crippen LogP contribution is -2.49. The molecule has 0 radical (unpaired) electrons. The molecule has 1 aliphatic carbocycles. The van der Waals surface area contributed by atoms with Crippen LogP contribution in [0.15, 0.2) is 63.7 Å². The number of carbonyl (C=O) groups is 2. The first-order valence-electron chi connectivity index (χ1n) is 12.6. The van der Waals surface area contributed by atoms with Crippen molar-refractivity contribution in [2.75, 3.05) is 19.1 Å². The van der Waals surface area contributed by atoms with Crippen molar-refractivity contribution >= 4 is 17.5 Å².